The minimum absolute atomic E-state index is 0.0615. The molecule has 6 nitrogen and oxygen atoms in total. The fraction of sp³-hybridized carbons (Fsp3) is 0.250. The third-order valence-electron chi connectivity index (χ3n) is 8.15. The highest BCUT2D eigenvalue weighted by molar-refractivity contribution is 6.09. The van der Waals surface area contributed by atoms with Gasteiger partial charge in [0.1, 0.15) is 18.3 Å². The Morgan fingerprint density at radius 2 is 1.97 bits per heavy atom. The van der Waals surface area contributed by atoms with Crippen molar-refractivity contribution in [2.24, 2.45) is 5.92 Å². The van der Waals surface area contributed by atoms with Crippen molar-refractivity contribution in [1.29, 1.82) is 0 Å². The summed E-state index contributed by atoms with van der Waals surface area (Å²) >= 11 is 0. The molecule has 7 rings (SSSR count). The molecule has 188 valence electrons. The number of nitrogens with one attached hydrogen (secondary N) is 1. The van der Waals surface area contributed by atoms with E-state index < -0.39 is 0 Å². The van der Waals surface area contributed by atoms with Crippen LogP contribution in [-0.4, -0.2) is 33.7 Å². The molecule has 6 heteroatoms. The molecule has 0 spiro atoms. The summed E-state index contributed by atoms with van der Waals surface area (Å²) in [6.07, 6.45) is 12.6. The third kappa shape index (κ3) is 3.79. The molecule has 1 N–H and O–H groups in total. The molecular weight excluding hydrogens is 472 g/mol. The van der Waals surface area contributed by atoms with Gasteiger partial charge in [0.25, 0.3) is 5.91 Å². The number of hydrogen-bond acceptors (Lipinski definition) is 4. The first kappa shape index (κ1) is 22.8. The van der Waals surface area contributed by atoms with Gasteiger partial charge in [0.05, 0.1) is 5.69 Å². The van der Waals surface area contributed by atoms with E-state index in [1.165, 1.54) is 24.0 Å². The molecule has 1 atom stereocenters. The van der Waals surface area contributed by atoms with Crippen molar-refractivity contribution in [3.63, 3.8) is 0 Å². The predicted octanol–water partition coefficient (Wildman–Crippen LogP) is 6.17. The lowest BCUT2D eigenvalue weighted by Crippen LogP contribution is -2.38. The zero-order valence-electron chi connectivity index (χ0n) is 21.3. The lowest BCUT2D eigenvalue weighted by atomic mass is 9.93. The van der Waals surface area contributed by atoms with Gasteiger partial charge in [0.15, 0.2) is 0 Å². The zero-order valence-corrected chi connectivity index (χ0v) is 21.3. The number of carbonyl (C=O) groups excluding carboxylic acids is 2. The van der Waals surface area contributed by atoms with Crippen LogP contribution in [0, 0.1) is 12.8 Å². The average molecular weight is 501 g/mol. The number of H-pyrrole nitrogens is 1. The molecule has 2 aromatic carbocycles. The van der Waals surface area contributed by atoms with Crippen LogP contribution in [0.1, 0.15) is 57.9 Å². The highest BCUT2D eigenvalue weighted by atomic mass is 16.2. The van der Waals surface area contributed by atoms with E-state index in [1.54, 1.807) is 6.33 Å². The molecule has 4 aromatic rings. The van der Waals surface area contributed by atoms with Crippen LogP contribution < -0.4 is 4.90 Å². The molecule has 3 heterocycles. The maximum atomic E-state index is 13.6. The second kappa shape index (κ2) is 8.91. The number of fused-ring (bicyclic) bond motifs is 2. The van der Waals surface area contributed by atoms with E-state index in [-0.39, 0.29) is 11.8 Å². The van der Waals surface area contributed by atoms with Crippen LogP contribution in [0.3, 0.4) is 0 Å². The molecule has 38 heavy (non-hydrogen) atoms. The number of rotatable bonds is 5. The molecule has 0 saturated heterocycles. The Bertz CT molecular complexity index is 1670. The van der Waals surface area contributed by atoms with Crippen LogP contribution in [0.4, 0.5) is 5.69 Å². The van der Waals surface area contributed by atoms with Crippen LogP contribution in [0.25, 0.3) is 27.9 Å². The minimum atomic E-state index is -0.0615. The second-order valence-corrected chi connectivity index (χ2v) is 10.6. The molecule has 1 aliphatic heterocycles. The highest BCUT2D eigenvalue weighted by Crippen LogP contribution is 2.42. The summed E-state index contributed by atoms with van der Waals surface area (Å²) in [6.45, 7) is 2.73. The Labute approximate surface area is 221 Å². The highest BCUT2D eigenvalue weighted by Gasteiger charge is 2.30. The van der Waals surface area contributed by atoms with Crippen molar-refractivity contribution in [3.8, 4) is 11.3 Å². The normalized spacial score (nSPS) is 19.0. The molecule has 1 fully saturated rings. The molecule has 2 aliphatic carbocycles. The molecule has 2 aromatic heterocycles. The summed E-state index contributed by atoms with van der Waals surface area (Å²) in [5, 5.41) is 0.928. The number of carbonyl (C=O) groups is 2. The molecule has 1 saturated carbocycles. The summed E-state index contributed by atoms with van der Waals surface area (Å²) in [6, 6.07) is 14.6. The summed E-state index contributed by atoms with van der Waals surface area (Å²) in [7, 11) is 0. The fourth-order valence-electron chi connectivity index (χ4n) is 5.83. The van der Waals surface area contributed by atoms with Crippen molar-refractivity contribution >= 4 is 34.5 Å². The Morgan fingerprint density at radius 1 is 1.08 bits per heavy atom. The van der Waals surface area contributed by atoms with Crippen LogP contribution in [0.15, 0.2) is 67.0 Å². The van der Waals surface area contributed by atoms with Crippen molar-refractivity contribution in [2.45, 2.75) is 38.5 Å². The molecule has 0 bridgehead atoms. The number of aromatic nitrogens is 3. The van der Waals surface area contributed by atoms with Gasteiger partial charge in [0, 0.05) is 40.4 Å². The van der Waals surface area contributed by atoms with Crippen LogP contribution in [0.2, 0.25) is 0 Å². The van der Waals surface area contributed by atoms with E-state index in [1.807, 2.05) is 35.3 Å². The SMILES string of the molecule is Cc1c(-c2ncnc3[nH]c(C4=CCC(C=O)C=C4)cc23)cccc1N1CCc2cc(C3CC3)ccc2C1=O. The van der Waals surface area contributed by atoms with Gasteiger partial charge in [-0.3, -0.25) is 4.79 Å². The fourth-order valence-corrected chi connectivity index (χ4v) is 5.83. The molecule has 0 radical (unpaired) electrons. The van der Waals surface area contributed by atoms with Crippen molar-refractivity contribution in [1.82, 2.24) is 15.0 Å². The summed E-state index contributed by atoms with van der Waals surface area (Å²) in [5.74, 6) is 0.688. The maximum Gasteiger partial charge on any atom is 0.258 e. The number of aromatic amines is 1. The molecule has 1 unspecified atom stereocenters. The first-order chi connectivity index (χ1) is 18.6. The van der Waals surface area contributed by atoms with E-state index in [9.17, 15) is 9.59 Å². The first-order valence-electron chi connectivity index (χ1n) is 13.3. The molecular formula is C32H28N4O2. The Hall–Kier alpha value is -4.32. The van der Waals surface area contributed by atoms with Crippen molar-refractivity contribution < 1.29 is 9.59 Å². The van der Waals surface area contributed by atoms with Gasteiger partial charge >= 0.3 is 0 Å². The lowest BCUT2D eigenvalue weighted by molar-refractivity contribution is -0.109. The quantitative estimate of drug-likeness (QED) is 0.332. The maximum absolute atomic E-state index is 13.6. The van der Waals surface area contributed by atoms with Crippen molar-refractivity contribution in [2.75, 3.05) is 11.4 Å². The van der Waals surface area contributed by atoms with E-state index in [0.717, 1.165) is 63.1 Å². The largest absolute Gasteiger partial charge is 0.339 e. The number of nitrogens with zero attached hydrogens (tertiary/aromatic N) is 3. The molecule has 3 aliphatic rings. The predicted molar refractivity (Wildman–Crippen MR) is 149 cm³/mol. The van der Waals surface area contributed by atoms with Gasteiger partial charge in [0.2, 0.25) is 0 Å². The van der Waals surface area contributed by atoms with E-state index in [0.29, 0.717) is 18.9 Å². The van der Waals surface area contributed by atoms with Crippen molar-refractivity contribution in [3.05, 3.63) is 95.0 Å². The van der Waals surface area contributed by atoms with Gasteiger partial charge in [-0.05, 0) is 79.0 Å². The number of amides is 1. The third-order valence-corrected chi connectivity index (χ3v) is 8.15. The second-order valence-electron chi connectivity index (χ2n) is 10.6. The van der Waals surface area contributed by atoms with E-state index >= 15 is 0 Å². The number of aldehydes is 1. The smallest absolute Gasteiger partial charge is 0.258 e. The number of hydrogen-bond donors (Lipinski definition) is 1. The zero-order chi connectivity index (χ0) is 25.8. The lowest BCUT2D eigenvalue weighted by Gasteiger charge is -2.30. The Kier molecular flexibility index (Phi) is 5.36. The van der Waals surface area contributed by atoms with E-state index in [4.69, 9.17) is 0 Å². The summed E-state index contributed by atoms with van der Waals surface area (Å²) in [4.78, 5) is 39.2. The number of anilines is 1. The van der Waals surface area contributed by atoms with Gasteiger partial charge in [-0.25, -0.2) is 9.97 Å². The van der Waals surface area contributed by atoms with Gasteiger partial charge < -0.3 is 14.7 Å². The van der Waals surface area contributed by atoms with Crippen LogP contribution in [-0.2, 0) is 11.2 Å². The van der Waals surface area contributed by atoms with Crippen LogP contribution in [0.5, 0.6) is 0 Å². The number of benzene rings is 2. The van der Waals surface area contributed by atoms with E-state index in [2.05, 4.69) is 52.2 Å². The molecule has 1 amide bonds. The standard InChI is InChI=1S/C32H28N4O2/c1-19-25(30-27-16-28(35-31(27)34-18-33-30)22-7-5-20(17-37)6-8-22)3-2-4-29(19)36-14-13-24-15-23(21-9-10-21)11-12-26(24)32(36)38/h2-5,7-8,11-12,15-18,20-21H,6,9-10,13-14H2,1H3,(H,33,34,35). The summed E-state index contributed by atoms with van der Waals surface area (Å²) < 4.78 is 0. The Morgan fingerprint density at radius 3 is 2.76 bits per heavy atom. The Balaban J connectivity index is 1.24. The van der Waals surface area contributed by atoms with Crippen LogP contribution >= 0.6 is 0 Å². The minimum Gasteiger partial charge on any atom is -0.339 e. The summed E-state index contributed by atoms with van der Waals surface area (Å²) in [5.41, 5.74) is 9.88. The monoisotopic (exact) mass is 500 g/mol. The topological polar surface area (TPSA) is 79.0 Å². The van der Waals surface area contributed by atoms with Gasteiger partial charge in [-0.2, -0.15) is 0 Å². The average Bonchev–Trinajstić information content (AvgIpc) is 3.71. The first-order valence-corrected chi connectivity index (χ1v) is 13.3. The van der Waals surface area contributed by atoms with Gasteiger partial charge in [-0.1, -0.05) is 42.5 Å². The van der Waals surface area contributed by atoms with Gasteiger partial charge in [-0.15, -0.1) is 0 Å². The number of allylic oxidation sites excluding steroid dienone is 4.